The average molecular weight is 166 g/mol. The minimum absolute atomic E-state index is 0.428. The first-order valence-corrected chi connectivity index (χ1v) is 4.14. The summed E-state index contributed by atoms with van der Waals surface area (Å²) in [6, 6.07) is 0. The molecular weight excluding hydrogens is 148 g/mol. The van der Waals surface area contributed by atoms with Crippen LogP contribution in [0.5, 0.6) is 0 Å². The zero-order valence-corrected chi connectivity index (χ0v) is 8.04. The molecule has 0 aliphatic carbocycles. The van der Waals surface area contributed by atoms with Crippen molar-refractivity contribution in [1.29, 1.82) is 0 Å². The topological polar surface area (TPSA) is 52.0 Å². The molecule has 2 heteroatoms. The van der Waals surface area contributed by atoms with Gasteiger partial charge in [0.2, 0.25) is 0 Å². The highest BCUT2D eigenvalue weighted by Gasteiger charge is 2.03. The van der Waals surface area contributed by atoms with E-state index < -0.39 is 0 Å². The fraction of sp³-hybridized carbons (Fsp3) is 0.400. The summed E-state index contributed by atoms with van der Waals surface area (Å²) < 4.78 is 0. The number of rotatable bonds is 3. The van der Waals surface area contributed by atoms with Crippen LogP contribution in [0.2, 0.25) is 0 Å². The second-order valence-electron chi connectivity index (χ2n) is 2.91. The number of nitrogens with two attached hydrogens (primary N) is 2. The van der Waals surface area contributed by atoms with E-state index in [0.29, 0.717) is 5.92 Å². The summed E-state index contributed by atoms with van der Waals surface area (Å²) in [6.45, 7) is 6.14. The molecule has 0 amide bonds. The van der Waals surface area contributed by atoms with E-state index in [-0.39, 0.29) is 0 Å². The molecule has 0 saturated carbocycles. The molecular formula is C10H18N2. The molecule has 0 bridgehead atoms. The Balaban J connectivity index is 4.66. The monoisotopic (exact) mass is 166 g/mol. The normalized spacial score (nSPS) is 14.7. The van der Waals surface area contributed by atoms with Gasteiger partial charge in [-0.2, -0.15) is 0 Å². The van der Waals surface area contributed by atoms with Crippen molar-refractivity contribution < 1.29 is 0 Å². The maximum Gasteiger partial charge on any atom is 0.0305 e. The van der Waals surface area contributed by atoms with Gasteiger partial charge < -0.3 is 11.5 Å². The lowest BCUT2D eigenvalue weighted by Gasteiger charge is -2.10. The molecule has 0 radical (unpaired) electrons. The van der Waals surface area contributed by atoms with Crippen LogP contribution in [0, 0.1) is 5.92 Å². The van der Waals surface area contributed by atoms with Crippen LogP contribution < -0.4 is 11.5 Å². The van der Waals surface area contributed by atoms with Gasteiger partial charge in [0.1, 0.15) is 0 Å². The molecule has 0 saturated heterocycles. The van der Waals surface area contributed by atoms with Crippen LogP contribution in [-0.2, 0) is 0 Å². The van der Waals surface area contributed by atoms with Crippen LogP contribution in [0.1, 0.15) is 20.8 Å². The molecule has 0 rings (SSSR count). The van der Waals surface area contributed by atoms with Crippen LogP contribution in [0.4, 0.5) is 0 Å². The van der Waals surface area contributed by atoms with E-state index in [1.54, 1.807) is 6.08 Å². The molecule has 0 fully saturated rings. The molecule has 0 unspecified atom stereocenters. The van der Waals surface area contributed by atoms with Gasteiger partial charge >= 0.3 is 0 Å². The van der Waals surface area contributed by atoms with Crippen molar-refractivity contribution in [2.45, 2.75) is 20.8 Å². The molecule has 2 nitrogen and oxygen atoms in total. The molecule has 0 aromatic heterocycles. The SMILES string of the molecule is C\C=C(N)/C(=C\C=C/N)C(C)C. The molecule has 0 aliphatic heterocycles. The maximum atomic E-state index is 5.78. The summed E-state index contributed by atoms with van der Waals surface area (Å²) in [7, 11) is 0. The third-order valence-corrected chi connectivity index (χ3v) is 1.65. The first-order valence-electron chi connectivity index (χ1n) is 4.14. The summed E-state index contributed by atoms with van der Waals surface area (Å²) >= 11 is 0. The summed E-state index contributed by atoms with van der Waals surface area (Å²) in [6.07, 6.45) is 7.15. The first-order chi connectivity index (χ1) is 5.63. The second kappa shape index (κ2) is 5.47. The van der Waals surface area contributed by atoms with Crippen LogP contribution in [0.3, 0.4) is 0 Å². The quantitative estimate of drug-likeness (QED) is 0.629. The minimum Gasteiger partial charge on any atom is -0.405 e. The van der Waals surface area contributed by atoms with Gasteiger partial charge in [-0.15, -0.1) is 0 Å². The molecule has 12 heavy (non-hydrogen) atoms. The Morgan fingerprint density at radius 2 is 1.92 bits per heavy atom. The largest absolute Gasteiger partial charge is 0.405 e. The van der Waals surface area contributed by atoms with E-state index >= 15 is 0 Å². The summed E-state index contributed by atoms with van der Waals surface area (Å²) in [5.74, 6) is 0.428. The van der Waals surface area contributed by atoms with Gasteiger partial charge in [0.15, 0.2) is 0 Å². The molecule has 0 atom stereocenters. The van der Waals surface area contributed by atoms with Crippen LogP contribution >= 0.6 is 0 Å². The molecule has 0 aliphatic rings. The van der Waals surface area contributed by atoms with E-state index in [1.807, 2.05) is 19.1 Å². The van der Waals surface area contributed by atoms with Gasteiger partial charge in [-0.1, -0.05) is 26.0 Å². The standard InChI is InChI=1S/C10H18N2/c1-4-10(12)9(8(2)3)6-5-7-11/h4-8H,11-12H2,1-3H3/b7-5-,9-6-,10-4+. The molecule has 0 aromatic rings. The van der Waals surface area contributed by atoms with Crippen molar-refractivity contribution in [2.24, 2.45) is 17.4 Å². The highest BCUT2D eigenvalue weighted by Crippen LogP contribution is 2.15. The van der Waals surface area contributed by atoms with E-state index in [9.17, 15) is 0 Å². The molecule has 0 heterocycles. The van der Waals surface area contributed by atoms with Gasteiger partial charge in [-0.25, -0.2) is 0 Å². The summed E-state index contributed by atoms with van der Waals surface area (Å²) in [4.78, 5) is 0. The fourth-order valence-electron chi connectivity index (χ4n) is 0.948. The number of hydrogen-bond acceptors (Lipinski definition) is 2. The van der Waals surface area contributed by atoms with Crippen molar-refractivity contribution in [3.05, 3.63) is 35.7 Å². The lowest BCUT2D eigenvalue weighted by Crippen LogP contribution is -2.06. The Morgan fingerprint density at radius 3 is 2.25 bits per heavy atom. The van der Waals surface area contributed by atoms with Gasteiger partial charge in [-0.05, 0) is 30.7 Å². The fourth-order valence-corrected chi connectivity index (χ4v) is 0.948. The third-order valence-electron chi connectivity index (χ3n) is 1.65. The van der Waals surface area contributed by atoms with Crippen LogP contribution in [0.25, 0.3) is 0 Å². The zero-order valence-electron chi connectivity index (χ0n) is 8.04. The average Bonchev–Trinajstić information content (AvgIpc) is 2.04. The Bertz CT molecular complexity index is 210. The van der Waals surface area contributed by atoms with E-state index in [2.05, 4.69) is 13.8 Å². The smallest absolute Gasteiger partial charge is 0.0305 e. The second-order valence-corrected chi connectivity index (χ2v) is 2.91. The zero-order chi connectivity index (χ0) is 9.56. The van der Waals surface area contributed by atoms with Crippen molar-refractivity contribution in [3.63, 3.8) is 0 Å². The van der Waals surface area contributed by atoms with Crippen molar-refractivity contribution >= 4 is 0 Å². The predicted octanol–water partition coefficient (Wildman–Crippen LogP) is 1.90. The predicted molar refractivity (Wildman–Crippen MR) is 54.2 cm³/mol. The highest BCUT2D eigenvalue weighted by molar-refractivity contribution is 5.32. The van der Waals surface area contributed by atoms with Gasteiger partial charge in [-0.3, -0.25) is 0 Å². The lowest BCUT2D eigenvalue weighted by atomic mass is 10.00. The third kappa shape index (κ3) is 3.28. The van der Waals surface area contributed by atoms with Crippen LogP contribution in [0.15, 0.2) is 35.7 Å². The Kier molecular flexibility index (Phi) is 4.93. The molecule has 0 aromatic carbocycles. The summed E-state index contributed by atoms with van der Waals surface area (Å²) in [5.41, 5.74) is 13.0. The van der Waals surface area contributed by atoms with Crippen molar-refractivity contribution in [3.8, 4) is 0 Å². The Morgan fingerprint density at radius 1 is 1.33 bits per heavy atom. The molecule has 4 N–H and O–H groups in total. The van der Waals surface area contributed by atoms with E-state index in [4.69, 9.17) is 11.5 Å². The van der Waals surface area contributed by atoms with Gasteiger partial charge in [0.05, 0.1) is 0 Å². The first kappa shape index (κ1) is 10.8. The highest BCUT2D eigenvalue weighted by atomic mass is 14.6. The lowest BCUT2D eigenvalue weighted by molar-refractivity contribution is 0.774. The number of hydrogen-bond donors (Lipinski definition) is 2. The maximum absolute atomic E-state index is 5.78. The van der Waals surface area contributed by atoms with Gasteiger partial charge in [0, 0.05) is 5.70 Å². The van der Waals surface area contributed by atoms with Crippen molar-refractivity contribution in [2.75, 3.05) is 0 Å². The number of allylic oxidation sites excluding steroid dienone is 4. The summed E-state index contributed by atoms with van der Waals surface area (Å²) in [5, 5.41) is 0. The van der Waals surface area contributed by atoms with E-state index in [1.165, 1.54) is 6.20 Å². The van der Waals surface area contributed by atoms with E-state index in [0.717, 1.165) is 11.3 Å². The molecule has 68 valence electrons. The Labute approximate surface area is 74.6 Å². The van der Waals surface area contributed by atoms with Gasteiger partial charge in [0.25, 0.3) is 0 Å². The van der Waals surface area contributed by atoms with Crippen LogP contribution in [-0.4, -0.2) is 0 Å². The molecule has 0 spiro atoms. The Hall–Kier alpha value is -1.18. The minimum atomic E-state index is 0.428. The van der Waals surface area contributed by atoms with Crippen molar-refractivity contribution in [1.82, 2.24) is 0 Å².